The van der Waals surface area contributed by atoms with Crippen LogP contribution < -0.4 is 10.1 Å². The molecule has 0 bridgehead atoms. The van der Waals surface area contributed by atoms with Gasteiger partial charge in [0.15, 0.2) is 0 Å². The number of fused-ring (bicyclic) bond motifs is 1. The van der Waals surface area contributed by atoms with Gasteiger partial charge in [0.05, 0.1) is 6.61 Å². The molecule has 124 valence electrons. The number of nitrogens with one attached hydrogen (secondary N) is 1. The molecule has 4 nitrogen and oxygen atoms in total. The molecule has 0 saturated carbocycles. The second kappa shape index (κ2) is 7.97. The molecule has 1 atom stereocenters. The Morgan fingerprint density at radius 2 is 1.96 bits per heavy atom. The van der Waals surface area contributed by atoms with Gasteiger partial charge in [-0.25, -0.2) is 0 Å². The lowest BCUT2D eigenvalue weighted by Gasteiger charge is -2.20. The molecule has 2 aromatic carbocycles. The second-order valence-electron chi connectivity index (χ2n) is 6.05. The van der Waals surface area contributed by atoms with Gasteiger partial charge in [0.25, 0.3) is 0 Å². The van der Waals surface area contributed by atoms with Crippen molar-refractivity contribution in [2.75, 3.05) is 6.61 Å². The molecule has 0 aromatic heterocycles. The highest BCUT2D eigenvalue weighted by molar-refractivity contribution is 5.87. The summed E-state index contributed by atoms with van der Waals surface area (Å²) in [4.78, 5) is 11.4. The fraction of sp³-hybridized carbons (Fsp3) is 0.421. The lowest BCUT2D eigenvalue weighted by Crippen LogP contribution is -2.40. The van der Waals surface area contributed by atoms with Gasteiger partial charge < -0.3 is 9.84 Å². The number of carboxylic acids is 1. The van der Waals surface area contributed by atoms with Crippen molar-refractivity contribution in [1.82, 2.24) is 5.32 Å². The van der Waals surface area contributed by atoms with Crippen LogP contribution in [0.15, 0.2) is 36.4 Å². The molecule has 2 aromatic rings. The molecular weight excluding hydrogens is 290 g/mol. The predicted octanol–water partition coefficient (Wildman–Crippen LogP) is 3.83. The first-order valence-corrected chi connectivity index (χ1v) is 8.14. The fourth-order valence-corrected chi connectivity index (χ4v) is 2.67. The largest absolute Gasteiger partial charge is 0.493 e. The van der Waals surface area contributed by atoms with E-state index in [1.807, 2.05) is 38.1 Å². The van der Waals surface area contributed by atoms with E-state index in [0.717, 1.165) is 28.5 Å². The van der Waals surface area contributed by atoms with E-state index in [0.29, 0.717) is 13.2 Å². The molecule has 23 heavy (non-hydrogen) atoms. The maximum Gasteiger partial charge on any atom is 0.320 e. The number of rotatable bonds is 8. The van der Waals surface area contributed by atoms with Crippen LogP contribution in [0, 0.1) is 5.92 Å². The number of carbonyl (C=O) groups is 1. The van der Waals surface area contributed by atoms with Crippen molar-refractivity contribution in [3.8, 4) is 5.75 Å². The van der Waals surface area contributed by atoms with Crippen LogP contribution in [-0.4, -0.2) is 23.7 Å². The summed E-state index contributed by atoms with van der Waals surface area (Å²) in [6.07, 6.45) is 0.934. The van der Waals surface area contributed by atoms with Crippen LogP contribution in [0.5, 0.6) is 5.75 Å². The number of hydrogen-bond donors (Lipinski definition) is 2. The quantitative estimate of drug-likeness (QED) is 0.777. The van der Waals surface area contributed by atoms with Crippen LogP contribution in [-0.2, 0) is 11.3 Å². The third-order valence-corrected chi connectivity index (χ3v) is 3.89. The van der Waals surface area contributed by atoms with Gasteiger partial charge in [-0.05, 0) is 29.2 Å². The lowest BCUT2D eigenvalue weighted by atomic mass is 10.0. The Hall–Kier alpha value is -2.07. The van der Waals surface area contributed by atoms with Gasteiger partial charge in [-0.2, -0.15) is 0 Å². The summed E-state index contributed by atoms with van der Waals surface area (Å²) < 4.78 is 5.86. The minimum absolute atomic E-state index is 0.0162. The van der Waals surface area contributed by atoms with E-state index in [2.05, 4.69) is 24.4 Å². The molecule has 4 heteroatoms. The predicted molar refractivity (Wildman–Crippen MR) is 92.8 cm³/mol. The Balaban J connectivity index is 2.33. The van der Waals surface area contributed by atoms with Gasteiger partial charge >= 0.3 is 5.97 Å². The van der Waals surface area contributed by atoms with E-state index >= 15 is 0 Å². The average molecular weight is 315 g/mol. The molecule has 1 unspecified atom stereocenters. The van der Waals surface area contributed by atoms with Gasteiger partial charge in [0.1, 0.15) is 11.8 Å². The highest BCUT2D eigenvalue weighted by Crippen LogP contribution is 2.28. The minimum Gasteiger partial charge on any atom is -0.493 e. The molecular formula is C19H25NO3. The van der Waals surface area contributed by atoms with Crippen molar-refractivity contribution in [3.05, 3.63) is 42.0 Å². The monoisotopic (exact) mass is 315 g/mol. The van der Waals surface area contributed by atoms with Crippen molar-refractivity contribution < 1.29 is 14.6 Å². The maximum atomic E-state index is 11.4. The number of carboxylic acid groups (broad SMARTS) is 1. The number of ether oxygens (including phenoxy) is 1. The Kier molecular flexibility index (Phi) is 5.99. The molecule has 0 spiro atoms. The van der Waals surface area contributed by atoms with Gasteiger partial charge in [-0.3, -0.25) is 10.1 Å². The number of benzene rings is 2. The Bertz CT molecular complexity index is 667. The summed E-state index contributed by atoms with van der Waals surface area (Å²) in [5.41, 5.74) is 1.02. The summed E-state index contributed by atoms with van der Waals surface area (Å²) >= 11 is 0. The lowest BCUT2D eigenvalue weighted by molar-refractivity contribution is -0.140. The van der Waals surface area contributed by atoms with E-state index in [-0.39, 0.29) is 5.92 Å². The van der Waals surface area contributed by atoms with Crippen molar-refractivity contribution in [2.24, 2.45) is 5.92 Å². The zero-order chi connectivity index (χ0) is 16.8. The summed E-state index contributed by atoms with van der Waals surface area (Å²) in [6, 6.07) is 11.5. The first-order valence-electron chi connectivity index (χ1n) is 8.14. The normalized spacial score (nSPS) is 12.5. The first-order chi connectivity index (χ1) is 11.0. The van der Waals surface area contributed by atoms with Gasteiger partial charge in [-0.1, -0.05) is 51.1 Å². The summed E-state index contributed by atoms with van der Waals surface area (Å²) in [5, 5.41) is 14.7. The summed E-state index contributed by atoms with van der Waals surface area (Å²) in [5.74, 6) is 0.0182. The van der Waals surface area contributed by atoms with E-state index in [1.165, 1.54) is 0 Å². The molecule has 0 radical (unpaired) electrons. The molecule has 0 amide bonds. The van der Waals surface area contributed by atoms with E-state index in [4.69, 9.17) is 4.74 Å². The Morgan fingerprint density at radius 1 is 1.22 bits per heavy atom. The average Bonchev–Trinajstić information content (AvgIpc) is 2.53. The maximum absolute atomic E-state index is 11.4. The molecule has 0 heterocycles. The number of hydrogen-bond acceptors (Lipinski definition) is 3. The molecule has 0 fully saturated rings. The first kappa shape index (κ1) is 17.3. The van der Waals surface area contributed by atoms with Crippen molar-refractivity contribution in [2.45, 2.75) is 39.8 Å². The molecule has 0 saturated heterocycles. The third kappa shape index (κ3) is 4.23. The van der Waals surface area contributed by atoms with Crippen LogP contribution in [0.3, 0.4) is 0 Å². The van der Waals surface area contributed by atoms with Crippen molar-refractivity contribution >= 4 is 16.7 Å². The van der Waals surface area contributed by atoms with E-state index in [1.54, 1.807) is 0 Å². The van der Waals surface area contributed by atoms with Gasteiger partial charge in [0.2, 0.25) is 0 Å². The molecule has 0 aliphatic heterocycles. The van der Waals surface area contributed by atoms with Crippen LogP contribution in [0.25, 0.3) is 10.8 Å². The SMILES string of the molecule is CCCOc1ccc2ccccc2c1CNC(C(=O)O)C(C)C. The zero-order valence-corrected chi connectivity index (χ0v) is 14.0. The molecule has 2 N–H and O–H groups in total. The topological polar surface area (TPSA) is 58.6 Å². The van der Waals surface area contributed by atoms with E-state index < -0.39 is 12.0 Å². The fourth-order valence-electron chi connectivity index (χ4n) is 2.67. The summed E-state index contributed by atoms with van der Waals surface area (Å²) in [7, 11) is 0. The molecule has 0 aliphatic carbocycles. The summed E-state index contributed by atoms with van der Waals surface area (Å²) in [6.45, 7) is 7.00. The highest BCUT2D eigenvalue weighted by atomic mass is 16.5. The third-order valence-electron chi connectivity index (χ3n) is 3.89. The van der Waals surface area contributed by atoms with Gasteiger partial charge in [0, 0.05) is 12.1 Å². The van der Waals surface area contributed by atoms with Crippen LogP contribution in [0.1, 0.15) is 32.8 Å². The smallest absolute Gasteiger partial charge is 0.320 e. The Morgan fingerprint density at radius 3 is 2.61 bits per heavy atom. The van der Waals surface area contributed by atoms with Crippen LogP contribution >= 0.6 is 0 Å². The number of aliphatic carboxylic acids is 1. The molecule has 2 rings (SSSR count). The van der Waals surface area contributed by atoms with Crippen LogP contribution in [0.4, 0.5) is 0 Å². The second-order valence-corrected chi connectivity index (χ2v) is 6.05. The zero-order valence-electron chi connectivity index (χ0n) is 14.0. The highest BCUT2D eigenvalue weighted by Gasteiger charge is 2.21. The van der Waals surface area contributed by atoms with Crippen molar-refractivity contribution in [1.29, 1.82) is 0 Å². The standard InChI is InChI=1S/C19H25NO3/c1-4-11-23-17-10-9-14-7-5-6-8-15(14)16(17)12-20-18(13(2)3)19(21)22/h5-10,13,18,20H,4,11-12H2,1-3H3,(H,21,22). The van der Waals surface area contributed by atoms with E-state index in [9.17, 15) is 9.90 Å². The van der Waals surface area contributed by atoms with Gasteiger partial charge in [-0.15, -0.1) is 0 Å². The van der Waals surface area contributed by atoms with Crippen molar-refractivity contribution in [3.63, 3.8) is 0 Å². The Labute approximate surface area is 137 Å². The molecule has 0 aliphatic rings. The van der Waals surface area contributed by atoms with Crippen LogP contribution in [0.2, 0.25) is 0 Å². The minimum atomic E-state index is -0.823.